The van der Waals surface area contributed by atoms with Crippen LogP contribution in [0.1, 0.15) is 13.8 Å². The molecule has 2 aliphatic rings. The van der Waals surface area contributed by atoms with Gasteiger partial charge >= 0.3 is 0 Å². The number of nitrogens with two attached hydrogens (primary N) is 1. The van der Waals surface area contributed by atoms with Crippen molar-refractivity contribution in [3.63, 3.8) is 0 Å². The summed E-state index contributed by atoms with van der Waals surface area (Å²) in [5, 5.41) is 10.1. The highest BCUT2D eigenvalue weighted by molar-refractivity contribution is 5.79. The lowest BCUT2D eigenvalue weighted by atomic mass is 9.95. The van der Waals surface area contributed by atoms with E-state index in [2.05, 4.69) is 13.2 Å². The van der Waals surface area contributed by atoms with Crippen molar-refractivity contribution < 1.29 is 33.6 Å². The third-order valence-corrected chi connectivity index (χ3v) is 3.76. The summed E-state index contributed by atoms with van der Waals surface area (Å²) >= 11 is 0. The molecule has 2 rings (SSSR count). The molecule has 2 saturated heterocycles. The van der Waals surface area contributed by atoms with Crippen molar-refractivity contribution in [3.05, 3.63) is 25.3 Å². The minimum atomic E-state index is -1.56. The lowest BCUT2D eigenvalue weighted by molar-refractivity contribution is -0.293. The summed E-state index contributed by atoms with van der Waals surface area (Å²) in [6.07, 6.45) is -2.33. The van der Waals surface area contributed by atoms with E-state index in [9.17, 15) is 9.90 Å². The van der Waals surface area contributed by atoms with Crippen LogP contribution in [0.25, 0.3) is 0 Å². The van der Waals surface area contributed by atoms with Crippen LogP contribution in [0.4, 0.5) is 0 Å². The largest absolute Gasteiger partial charge is 0.380 e. The number of hydrogen-bond donors (Lipinski definition) is 2. The summed E-state index contributed by atoms with van der Waals surface area (Å²) in [6, 6.07) is 0. The van der Waals surface area contributed by atoms with E-state index in [0.29, 0.717) is 0 Å². The lowest BCUT2D eigenvalue weighted by Gasteiger charge is -2.42. The van der Waals surface area contributed by atoms with E-state index in [-0.39, 0.29) is 13.2 Å². The number of fused-ring (bicyclic) bond motifs is 1. The highest BCUT2D eigenvalue weighted by Crippen LogP contribution is 2.39. The molecule has 1 amide bonds. The quantitative estimate of drug-likeness (QED) is 0.590. The van der Waals surface area contributed by atoms with Gasteiger partial charge in [0.1, 0.15) is 24.4 Å². The molecule has 2 heterocycles. The zero-order valence-corrected chi connectivity index (χ0v) is 13.9. The van der Waals surface area contributed by atoms with Crippen LogP contribution < -0.4 is 5.73 Å². The number of ether oxygens (including phenoxy) is 5. The Labute approximate surface area is 141 Å². The molecular formula is C16H25NO7. The summed E-state index contributed by atoms with van der Waals surface area (Å²) < 4.78 is 28.8. The first-order valence-electron chi connectivity index (χ1n) is 7.74. The number of rotatable bonds is 8. The van der Waals surface area contributed by atoms with E-state index in [1.807, 2.05) is 0 Å². The SMILES string of the molecule is C=CCOC1O[C@H](C(O)C(N)=O)[C@@H]2OC(C)(C)O[C@@H]2[C@H]1OCC=C. The maximum Gasteiger partial charge on any atom is 0.249 e. The minimum absolute atomic E-state index is 0.194. The fourth-order valence-corrected chi connectivity index (χ4v) is 2.86. The molecule has 0 aromatic heterocycles. The van der Waals surface area contributed by atoms with Crippen molar-refractivity contribution in [3.8, 4) is 0 Å². The number of aliphatic hydroxyl groups excluding tert-OH is 1. The Kier molecular flexibility index (Phi) is 6.13. The molecule has 136 valence electrons. The van der Waals surface area contributed by atoms with Crippen LogP contribution in [-0.4, -0.2) is 66.8 Å². The molecule has 6 atom stereocenters. The normalized spacial score (nSPS) is 35.9. The zero-order chi connectivity index (χ0) is 17.9. The third kappa shape index (κ3) is 4.02. The molecule has 0 aromatic rings. The predicted octanol–water partition coefficient (Wildman–Crippen LogP) is -0.149. The van der Waals surface area contributed by atoms with Gasteiger partial charge in [-0.25, -0.2) is 0 Å². The monoisotopic (exact) mass is 343 g/mol. The van der Waals surface area contributed by atoms with Gasteiger partial charge in [-0.2, -0.15) is 0 Å². The van der Waals surface area contributed by atoms with E-state index >= 15 is 0 Å². The van der Waals surface area contributed by atoms with Crippen LogP contribution in [0.3, 0.4) is 0 Å². The minimum Gasteiger partial charge on any atom is -0.380 e. The van der Waals surface area contributed by atoms with Crippen LogP contribution in [0.2, 0.25) is 0 Å². The number of hydrogen-bond acceptors (Lipinski definition) is 7. The van der Waals surface area contributed by atoms with Crippen LogP contribution in [0, 0.1) is 0 Å². The standard InChI is InChI=1S/C16H25NO7/c1-5-7-20-13-12-11(23-16(3,4)24-12)10(9(18)14(17)19)22-15(13)21-8-6-2/h5-6,9-13,15,18H,1-2,7-8H2,3-4H3,(H2,17,19)/t9?,10-,11+,12+,13-,15?/m1/s1. The van der Waals surface area contributed by atoms with E-state index in [1.54, 1.807) is 26.0 Å². The van der Waals surface area contributed by atoms with Gasteiger partial charge in [-0.1, -0.05) is 12.2 Å². The molecule has 3 N–H and O–H groups in total. The van der Waals surface area contributed by atoms with Crippen molar-refractivity contribution in [2.45, 2.75) is 56.4 Å². The lowest BCUT2D eigenvalue weighted by Crippen LogP contribution is -2.62. The Balaban J connectivity index is 2.29. The summed E-state index contributed by atoms with van der Waals surface area (Å²) in [7, 11) is 0. The average molecular weight is 343 g/mol. The number of carbonyl (C=O) groups is 1. The summed E-state index contributed by atoms with van der Waals surface area (Å²) in [4.78, 5) is 11.4. The van der Waals surface area contributed by atoms with Crippen LogP contribution in [-0.2, 0) is 28.5 Å². The molecule has 0 aliphatic carbocycles. The Bertz CT molecular complexity index is 481. The number of amides is 1. The van der Waals surface area contributed by atoms with Gasteiger partial charge in [-0.3, -0.25) is 4.79 Å². The molecule has 8 nitrogen and oxygen atoms in total. The molecular weight excluding hydrogens is 318 g/mol. The molecule has 24 heavy (non-hydrogen) atoms. The topological polar surface area (TPSA) is 109 Å². The second-order valence-electron chi connectivity index (χ2n) is 6.09. The van der Waals surface area contributed by atoms with Crippen molar-refractivity contribution in [2.75, 3.05) is 13.2 Å². The van der Waals surface area contributed by atoms with Crippen molar-refractivity contribution in [1.29, 1.82) is 0 Å². The highest BCUT2D eigenvalue weighted by Gasteiger charge is 2.58. The first kappa shape index (κ1) is 19.0. The predicted molar refractivity (Wildman–Crippen MR) is 83.8 cm³/mol. The molecule has 0 radical (unpaired) electrons. The number of primary amides is 1. The van der Waals surface area contributed by atoms with E-state index < -0.39 is 48.5 Å². The van der Waals surface area contributed by atoms with Crippen molar-refractivity contribution in [1.82, 2.24) is 0 Å². The van der Waals surface area contributed by atoms with Crippen LogP contribution in [0.5, 0.6) is 0 Å². The van der Waals surface area contributed by atoms with Crippen LogP contribution in [0.15, 0.2) is 25.3 Å². The molecule has 8 heteroatoms. The van der Waals surface area contributed by atoms with Crippen molar-refractivity contribution in [2.24, 2.45) is 5.73 Å². The molecule has 0 bridgehead atoms. The zero-order valence-electron chi connectivity index (χ0n) is 13.9. The fourth-order valence-electron chi connectivity index (χ4n) is 2.86. The van der Waals surface area contributed by atoms with Gasteiger partial charge in [0.25, 0.3) is 0 Å². The molecule has 2 aliphatic heterocycles. The smallest absolute Gasteiger partial charge is 0.249 e. The first-order chi connectivity index (χ1) is 11.3. The Morgan fingerprint density at radius 2 is 1.83 bits per heavy atom. The van der Waals surface area contributed by atoms with Gasteiger partial charge in [0.2, 0.25) is 5.91 Å². The van der Waals surface area contributed by atoms with E-state index in [0.717, 1.165) is 0 Å². The second kappa shape index (κ2) is 7.73. The number of aliphatic hydroxyl groups is 1. The summed E-state index contributed by atoms with van der Waals surface area (Å²) in [5.41, 5.74) is 5.21. The molecule has 2 fully saturated rings. The average Bonchev–Trinajstić information content (AvgIpc) is 2.84. The maximum atomic E-state index is 11.4. The van der Waals surface area contributed by atoms with Gasteiger partial charge in [0, 0.05) is 0 Å². The molecule has 0 aromatic carbocycles. The third-order valence-electron chi connectivity index (χ3n) is 3.76. The van der Waals surface area contributed by atoms with Gasteiger partial charge in [0.05, 0.1) is 13.2 Å². The molecule has 2 unspecified atom stereocenters. The van der Waals surface area contributed by atoms with Gasteiger partial charge in [-0.05, 0) is 13.8 Å². The van der Waals surface area contributed by atoms with E-state index in [1.165, 1.54) is 0 Å². The van der Waals surface area contributed by atoms with Gasteiger partial charge < -0.3 is 34.5 Å². The van der Waals surface area contributed by atoms with Gasteiger partial charge in [0.15, 0.2) is 18.2 Å². The van der Waals surface area contributed by atoms with Crippen molar-refractivity contribution >= 4 is 5.91 Å². The van der Waals surface area contributed by atoms with E-state index in [4.69, 9.17) is 29.4 Å². The number of carbonyl (C=O) groups excluding carboxylic acids is 1. The Morgan fingerprint density at radius 1 is 1.25 bits per heavy atom. The Morgan fingerprint density at radius 3 is 2.42 bits per heavy atom. The maximum absolute atomic E-state index is 11.4. The summed E-state index contributed by atoms with van der Waals surface area (Å²) in [5.74, 6) is -1.85. The first-order valence-corrected chi connectivity index (χ1v) is 7.74. The molecule has 0 saturated carbocycles. The van der Waals surface area contributed by atoms with Gasteiger partial charge in [-0.15, -0.1) is 13.2 Å². The molecule has 0 spiro atoms. The van der Waals surface area contributed by atoms with Crippen LogP contribution >= 0.6 is 0 Å². The second-order valence-corrected chi connectivity index (χ2v) is 6.09. The Hall–Kier alpha value is -1.29. The highest BCUT2D eigenvalue weighted by atomic mass is 16.8. The summed E-state index contributed by atoms with van der Waals surface area (Å²) in [6.45, 7) is 11.1. The fraction of sp³-hybridized carbons (Fsp3) is 0.688.